The molecule has 104 valence electrons. The van der Waals surface area contributed by atoms with Crippen LogP contribution >= 0.6 is 0 Å². The van der Waals surface area contributed by atoms with Gasteiger partial charge in [-0.05, 0) is 37.0 Å². The number of rotatable bonds is 7. The van der Waals surface area contributed by atoms with Crippen molar-refractivity contribution >= 4 is 5.91 Å². The molecule has 1 fully saturated rings. The summed E-state index contributed by atoms with van der Waals surface area (Å²) >= 11 is 0. The van der Waals surface area contributed by atoms with Crippen LogP contribution in [0.15, 0.2) is 24.3 Å². The molecule has 1 unspecified atom stereocenters. The molecule has 1 saturated carbocycles. The van der Waals surface area contributed by atoms with Gasteiger partial charge in [0.1, 0.15) is 5.75 Å². The Labute approximate surface area is 113 Å². The van der Waals surface area contributed by atoms with Gasteiger partial charge in [0.15, 0.2) is 0 Å². The Balaban J connectivity index is 1.71. The van der Waals surface area contributed by atoms with E-state index in [2.05, 4.69) is 5.32 Å². The lowest BCUT2D eigenvalue weighted by Crippen LogP contribution is -2.26. The minimum absolute atomic E-state index is 0.0560. The lowest BCUT2D eigenvalue weighted by molar-refractivity contribution is -0.121. The maximum Gasteiger partial charge on any atom is 0.223 e. The van der Waals surface area contributed by atoms with Gasteiger partial charge < -0.3 is 15.2 Å². The molecule has 19 heavy (non-hydrogen) atoms. The molecular formula is C15H21NO3. The van der Waals surface area contributed by atoms with Crippen molar-refractivity contribution in [2.45, 2.75) is 44.8 Å². The van der Waals surface area contributed by atoms with Crippen LogP contribution in [0, 0.1) is 0 Å². The molecule has 0 bridgehead atoms. The first-order valence-corrected chi connectivity index (χ1v) is 6.89. The molecule has 1 aromatic rings. The zero-order valence-electron chi connectivity index (χ0n) is 11.3. The van der Waals surface area contributed by atoms with Crippen LogP contribution in [0.5, 0.6) is 5.75 Å². The van der Waals surface area contributed by atoms with E-state index in [4.69, 9.17) is 4.74 Å². The monoisotopic (exact) mass is 263 g/mol. The molecule has 2 N–H and O–H groups in total. The Morgan fingerprint density at radius 3 is 2.68 bits per heavy atom. The predicted molar refractivity (Wildman–Crippen MR) is 73.0 cm³/mol. The summed E-state index contributed by atoms with van der Waals surface area (Å²) in [5.41, 5.74) is 0.890. The number of benzene rings is 1. The van der Waals surface area contributed by atoms with Crippen molar-refractivity contribution in [1.82, 2.24) is 5.32 Å². The van der Waals surface area contributed by atoms with E-state index in [1.807, 2.05) is 31.2 Å². The van der Waals surface area contributed by atoms with E-state index in [1.165, 1.54) is 0 Å². The van der Waals surface area contributed by atoms with E-state index in [0.29, 0.717) is 25.5 Å². The van der Waals surface area contributed by atoms with E-state index >= 15 is 0 Å². The number of aliphatic hydroxyl groups excluding tert-OH is 1. The summed E-state index contributed by atoms with van der Waals surface area (Å²) < 4.78 is 5.50. The van der Waals surface area contributed by atoms with Crippen molar-refractivity contribution in [1.29, 1.82) is 0 Å². The average molecular weight is 263 g/mol. The highest BCUT2D eigenvalue weighted by Gasteiger charge is 2.22. The summed E-state index contributed by atoms with van der Waals surface area (Å²) in [6, 6.07) is 7.77. The number of carbonyl (C=O) groups is 1. The molecule has 1 atom stereocenters. The lowest BCUT2D eigenvalue weighted by atomic mass is 10.1. The Kier molecular flexibility index (Phi) is 4.80. The van der Waals surface area contributed by atoms with Crippen LogP contribution in [-0.4, -0.2) is 23.7 Å². The number of nitrogens with one attached hydrogen (secondary N) is 1. The first-order valence-electron chi connectivity index (χ1n) is 6.89. The number of hydrogen-bond donors (Lipinski definition) is 2. The molecule has 0 aliphatic heterocycles. The first kappa shape index (κ1) is 13.9. The van der Waals surface area contributed by atoms with Gasteiger partial charge >= 0.3 is 0 Å². The van der Waals surface area contributed by atoms with Gasteiger partial charge in [-0.2, -0.15) is 0 Å². The van der Waals surface area contributed by atoms with Crippen LogP contribution in [-0.2, 0) is 4.79 Å². The predicted octanol–water partition coefficient (Wildman–Crippen LogP) is 2.18. The molecule has 0 spiro atoms. The summed E-state index contributed by atoms with van der Waals surface area (Å²) in [4.78, 5) is 11.4. The Morgan fingerprint density at radius 1 is 1.42 bits per heavy atom. The second-order valence-electron chi connectivity index (χ2n) is 4.93. The topological polar surface area (TPSA) is 58.6 Å². The Hall–Kier alpha value is -1.55. The van der Waals surface area contributed by atoms with Crippen LogP contribution in [0.4, 0.5) is 0 Å². The molecule has 0 radical (unpaired) electrons. The second-order valence-corrected chi connectivity index (χ2v) is 4.93. The maximum atomic E-state index is 11.4. The molecule has 0 heterocycles. The van der Waals surface area contributed by atoms with Gasteiger partial charge in [0.05, 0.1) is 19.1 Å². The number of aliphatic hydroxyl groups is 1. The van der Waals surface area contributed by atoms with Crippen LogP contribution in [0.1, 0.15) is 44.3 Å². The third-order valence-corrected chi connectivity index (χ3v) is 3.19. The maximum absolute atomic E-state index is 11.4. The van der Waals surface area contributed by atoms with Crippen molar-refractivity contribution in [3.63, 3.8) is 0 Å². The third kappa shape index (κ3) is 4.56. The van der Waals surface area contributed by atoms with Gasteiger partial charge in [-0.1, -0.05) is 19.1 Å². The summed E-state index contributed by atoms with van der Waals surface area (Å²) in [5, 5.41) is 12.6. The van der Waals surface area contributed by atoms with E-state index in [0.717, 1.165) is 24.2 Å². The average Bonchev–Trinajstić information content (AvgIpc) is 3.22. The number of hydrogen-bond acceptors (Lipinski definition) is 3. The smallest absolute Gasteiger partial charge is 0.223 e. The molecule has 1 aliphatic rings. The summed E-state index contributed by atoms with van der Waals surface area (Å²) in [6.07, 6.45) is 2.87. The van der Waals surface area contributed by atoms with Crippen molar-refractivity contribution < 1.29 is 14.6 Å². The second kappa shape index (κ2) is 6.57. The molecular weight excluding hydrogens is 242 g/mol. The van der Waals surface area contributed by atoms with Crippen LogP contribution in [0.2, 0.25) is 0 Å². The Morgan fingerprint density at radius 2 is 2.11 bits per heavy atom. The fourth-order valence-electron chi connectivity index (χ4n) is 1.81. The summed E-state index contributed by atoms with van der Waals surface area (Å²) in [7, 11) is 0. The largest absolute Gasteiger partial charge is 0.493 e. The SMILES string of the molecule is CCC(O)c1ccc(OCCC(=O)NC2CC2)cc1. The minimum Gasteiger partial charge on any atom is -0.493 e. The fourth-order valence-corrected chi connectivity index (χ4v) is 1.81. The van der Waals surface area contributed by atoms with E-state index in [-0.39, 0.29) is 5.91 Å². The molecule has 2 rings (SSSR count). The Bertz CT molecular complexity index is 412. The highest BCUT2D eigenvalue weighted by Crippen LogP contribution is 2.20. The zero-order valence-corrected chi connectivity index (χ0v) is 11.3. The van der Waals surface area contributed by atoms with Gasteiger partial charge in [0.25, 0.3) is 0 Å². The van der Waals surface area contributed by atoms with Gasteiger partial charge in [0.2, 0.25) is 5.91 Å². The van der Waals surface area contributed by atoms with Crippen molar-refractivity contribution in [2.24, 2.45) is 0 Å². The molecule has 1 aromatic carbocycles. The number of ether oxygens (including phenoxy) is 1. The van der Waals surface area contributed by atoms with Gasteiger partial charge in [0, 0.05) is 6.04 Å². The first-order chi connectivity index (χ1) is 9.19. The normalized spacial score (nSPS) is 15.9. The zero-order chi connectivity index (χ0) is 13.7. The van der Waals surface area contributed by atoms with Gasteiger partial charge in [-0.3, -0.25) is 4.79 Å². The van der Waals surface area contributed by atoms with Crippen molar-refractivity contribution in [3.05, 3.63) is 29.8 Å². The minimum atomic E-state index is -0.418. The summed E-state index contributed by atoms with van der Waals surface area (Å²) in [5.74, 6) is 0.784. The number of amides is 1. The highest BCUT2D eigenvalue weighted by atomic mass is 16.5. The lowest BCUT2D eigenvalue weighted by Gasteiger charge is -2.10. The van der Waals surface area contributed by atoms with Crippen LogP contribution < -0.4 is 10.1 Å². The van der Waals surface area contributed by atoms with Gasteiger partial charge in [-0.25, -0.2) is 0 Å². The molecule has 1 aliphatic carbocycles. The molecule has 4 heteroatoms. The molecule has 1 amide bonds. The number of carbonyl (C=O) groups excluding carboxylic acids is 1. The third-order valence-electron chi connectivity index (χ3n) is 3.19. The van der Waals surface area contributed by atoms with E-state index in [1.54, 1.807) is 0 Å². The molecule has 0 saturated heterocycles. The fraction of sp³-hybridized carbons (Fsp3) is 0.533. The summed E-state index contributed by atoms with van der Waals surface area (Å²) in [6.45, 7) is 2.32. The van der Waals surface area contributed by atoms with E-state index < -0.39 is 6.10 Å². The van der Waals surface area contributed by atoms with Crippen LogP contribution in [0.25, 0.3) is 0 Å². The van der Waals surface area contributed by atoms with E-state index in [9.17, 15) is 9.90 Å². The van der Waals surface area contributed by atoms with Crippen LogP contribution in [0.3, 0.4) is 0 Å². The van der Waals surface area contributed by atoms with Gasteiger partial charge in [-0.15, -0.1) is 0 Å². The highest BCUT2D eigenvalue weighted by molar-refractivity contribution is 5.76. The molecule has 0 aromatic heterocycles. The molecule has 4 nitrogen and oxygen atoms in total. The standard InChI is InChI=1S/C15H21NO3/c1-2-14(17)11-3-7-13(8-4-11)19-10-9-15(18)16-12-5-6-12/h3-4,7-8,12,14,17H,2,5-6,9-10H2,1H3,(H,16,18). The van der Waals surface area contributed by atoms with Crippen molar-refractivity contribution in [3.8, 4) is 5.75 Å². The quantitative estimate of drug-likeness (QED) is 0.792. The van der Waals surface area contributed by atoms with Crippen molar-refractivity contribution in [2.75, 3.05) is 6.61 Å².